The second-order valence-electron chi connectivity index (χ2n) is 9.73. The molecule has 0 aromatic carbocycles. The molecule has 3 heterocycles. The van der Waals surface area contributed by atoms with Gasteiger partial charge in [0.15, 0.2) is 11.6 Å². The molecule has 12 heteroatoms. The molecule has 1 aliphatic carbocycles. The first-order chi connectivity index (χ1) is 17.8. The molecule has 0 spiro atoms. The molecule has 2 aliphatic heterocycles. The number of hydrogen-bond donors (Lipinski definition) is 2. The quantitative estimate of drug-likeness (QED) is 0.535. The topological polar surface area (TPSA) is 142 Å². The Morgan fingerprint density at radius 3 is 2.62 bits per heavy atom. The van der Waals surface area contributed by atoms with Gasteiger partial charge in [-0.05, 0) is 36.6 Å². The van der Waals surface area contributed by atoms with Gasteiger partial charge in [0.2, 0.25) is 11.0 Å². The van der Waals surface area contributed by atoms with Gasteiger partial charge in [-0.25, -0.2) is 13.4 Å². The smallest absolute Gasteiger partial charge is 0.264 e. The minimum Gasteiger partial charge on any atom is -0.344 e. The molecule has 1 unspecified atom stereocenters. The van der Waals surface area contributed by atoms with E-state index in [0.717, 1.165) is 30.0 Å². The van der Waals surface area contributed by atoms with E-state index in [0.29, 0.717) is 24.3 Å². The Bertz CT molecular complexity index is 1190. The van der Waals surface area contributed by atoms with Gasteiger partial charge in [-0.2, -0.15) is 15.6 Å². The lowest BCUT2D eigenvalue weighted by Crippen LogP contribution is -2.53. The average molecular weight is 549 g/mol. The maximum atomic E-state index is 13.3. The van der Waals surface area contributed by atoms with Gasteiger partial charge in [-0.1, -0.05) is 38.2 Å². The monoisotopic (exact) mass is 548 g/mol. The van der Waals surface area contributed by atoms with E-state index in [1.54, 1.807) is 16.8 Å². The fourth-order valence-electron chi connectivity index (χ4n) is 5.02. The van der Waals surface area contributed by atoms with Gasteiger partial charge < -0.3 is 10.6 Å². The van der Waals surface area contributed by atoms with Crippen LogP contribution in [0.5, 0.6) is 0 Å². The molecular weight excluding hydrogens is 516 g/mol. The molecule has 2 fully saturated rings. The number of carbonyl (C=O) groups excluding carboxylic acids is 4. The zero-order chi connectivity index (χ0) is 26.4. The molecule has 1 aromatic heterocycles. The van der Waals surface area contributed by atoms with Crippen molar-refractivity contribution in [1.29, 1.82) is 0 Å². The minimum absolute atomic E-state index is 0.0385. The molecule has 200 valence electrons. The Labute approximate surface area is 220 Å². The highest BCUT2D eigenvalue weighted by Crippen LogP contribution is 2.28. The van der Waals surface area contributed by atoms with Crippen LogP contribution in [0.4, 0.5) is 0 Å². The van der Waals surface area contributed by atoms with E-state index in [1.165, 1.54) is 30.0 Å². The number of nitrogens with zero attached hydrogens (tertiary/aromatic N) is 2. The fraction of sp³-hybridized carbons (Fsp3) is 0.560. The zero-order valence-electron chi connectivity index (χ0n) is 20.6. The number of sulfonamides is 1. The maximum absolute atomic E-state index is 13.3. The van der Waals surface area contributed by atoms with E-state index >= 15 is 0 Å². The lowest BCUT2D eigenvalue weighted by molar-refractivity contribution is -0.129. The minimum atomic E-state index is -4.23. The highest BCUT2D eigenvalue weighted by atomic mass is 32.2. The summed E-state index contributed by atoms with van der Waals surface area (Å²) in [6.07, 6.45) is 9.08. The molecular formula is C25H32N4O6S2. The van der Waals surface area contributed by atoms with Crippen molar-refractivity contribution in [2.45, 2.75) is 69.9 Å². The van der Waals surface area contributed by atoms with Crippen molar-refractivity contribution < 1.29 is 27.6 Å². The van der Waals surface area contributed by atoms with Crippen LogP contribution in [0.15, 0.2) is 34.1 Å². The molecule has 2 atom stereocenters. The predicted molar refractivity (Wildman–Crippen MR) is 140 cm³/mol. The van der Waals surface area contributed by atoms with Gasteiger partial charge in [-0.3, -0.25) is 19.2 Å². The maximum Gasteiger partial charge on any atom is 0.264 e. The van der Waals surface area contributed by atoms with Crippen molar-refractivity contribution in [3.63, 3.8) is 0 Å². The standard InChI is InChI=1S/C25H32N4O6S2/c30-21-9-4-11-26-25(21)37(34,35)29-12-5-8-19(22(31)15-29)27-24(33)20(14-17-6-2-1-3-7-17)28-23(32)18-10-13-36-16-18/h4,10-11,13,16-17,19-20H,1-3,5-9,12,14-15H2,(H,27,33)(H,28,32)/t19-,20?/m0/s1. The van der Waals surface area contributed by atoms with E-state index in [-0.39, 0.29) is 25.3 Å². The molecule has 2 N–H and O–H groups in total. The van der Waals surface area contributed by atoms with Crippen molar-refractivity contribution in [3.05, 3.63) is 34.7 Å². The molecule has 1 saturated carbocycles. The van der Waals surface area contributed by atoms with Crippen LogP contribution in [0.2, 0.25) is 0 Å². The number of allylic oxidation sites excluding steroid dienone is 1. The van der Waals surface area contributed by atoms with Crippen LogP contribution in [0.1, 0.15) is 68.1 Å². The summed E-state index contributed by atoms with van der Waals surface area (Å²) in [5.74, 6) is -1.56. The third kappa shape index (κ3) is 6.79. The van der Waals surface area contributed by atoms with Crippen LogP contribution in [-0.4, -0.2) is 66.3 Å². The number of ketones is 2. The molecule has 0 radical (unpaired) electrons. The van der Waals surface area contributed by atoms with Crippen molar-refractivity contribution in [1.82, 2.24) is 14.9 Å². The third-order valence-electron chi connectivity index (χ3n) is 7.06. The Hall–Kier alpha value is -2.70. The summed E-state index contributed by atoms with van der Waals surface area (Å²) in [6.45, 7) is -0.422. The molecule has 37 heavy (non-hydrogen) atoms. The predicted octanol–water partition coefficient (Wildman–Crippen LogP) is 2.18. The van der Waals surface area contributed by atoms with Gasteiger partial charge in [0.05, 0.1) is 18.2 Å². The number of thiophene rings is 1. The van der Waals surface area contributed by atoms with Crippen molar-refractivity contribution in [3.8, 4) is 0 Å². The van der Waals surface area contributed by atoms with Gasteiger partial charge in [0.25, 0.3) is 15.9 Å². The fourth-order valence-corrected chi connectivity index (χ4v) is 7.13. The van der Waals surface area contributed by atoms with E-state index in [2.05, 4.69) is 15.6 Å². The van der Waals surface area contributed by atoms with Crippen molar-refractivity contribution in [2.24, 2.45) is 10.9 Å². The molecule has 1 saturated heterocycles. The first-order valence-electron chi connectivity index (χ1n) is 12.7. The lowest BCUT2D eigenvalue weighted by atomic mass is 9.84. The van der Waals surface area contributed by atoms with Crippen LogP contribution in [0, 0.1) is 5.92 Å². The Morgan fingerprint density at radius 2 is 1.92 bits per heavy atom. The van der Waals surface area contributed by atoms with Crippen molar-refractivity contribution >= 4 is 49.8 Å². The SMILES string of the molecule is O=C1CC=CN=C1S(=O)(=O)N1CCC[C@H](NC(=O)C(CC2CCCCC2)NC(=O)c2ccsc2)C(=O)C1. The molecule has 1 aromatic rings. The molecule has 10 nitrogen and oxygen atoms in total. The van der Waals surface area contributed by atoms with Crippen LogP contribution in [-0.2, 0) is 24.4 Å². The second-order valence-corrected chi connectivity index (χ2v) is 12.4. The summed E-state index contributed by atoms with van der Waals surface area (Å²) >= 11 is 1.39. The first-order valence-corrected chi connectivity index (χ1v) is 15.1. The number of aliphatic imine (C=N–C) groups is 1. The third-order valence-corrected chi connectivity index (χ3v) is 9.56. The molecule has 3 aliphatic rings. The normalized spacial score (nSPS) is 22.7. The number of rotatable bonds is 7. The Morgan fingerprint density at radius 1 is 1.14 bits per heavy atom. The highest BCUT2D eigenvalue weighted by Gasteiger charge is 2.38. The average Bonchev–Trinajstić information content (AvgIpc) is 3.36. The first kappa shape index (κ1) is 27.3. The van der Waals surface area contributed by atoms with Crippen LogP contribution >= 0.6 is 11.3 Å². The molecule has 0 bridgehead atoms. The van der Waals surface area contributed by atoms with Gasteiger partial charge >= 0.3 is 0 Å². The van der Waals surface area contributed by atoms with Gasteiger partial charge in [0.1, 0.15) is 6.04 Å². The number of Topliss-reactive ketones (excluding diaryl/α,β-unsaturated/α-hetero) is 2. The summed E-state index contributed by atoms with van der Waals surface area (Å²) in [5.41, 5.74) is 0.479. The van der Waals surface area contributed by atoms with E-state index in [4.69, 9.17) is 0 Å². The Balaban J connectivity index is 1.43. The van der Waals surface area contributed by atoms with Crippen LogP contribution < -0.4 is 10.6 Å². The van der Waals surface area contributed by atoms with Gasteiger partial charge in [-0.15, -0.1) is 0 Å². The summed E-state index contributed by atoms with van der Waals surface area (Å²) in [7, 11) is -4.23. The summed E-state index contributed by atoms with van der Waals surface area (Å²) in [4.78, 5) is 55.0. The van der Waals surface area contributed by atoms with Gasteiger partial charge in [0, 0.05) is 24.5 Å². The molecule has 4 rings (SSSR count). The highest BCUT2D eigenvalue weighted by molar-refractivity contribution is 8.06. The van der Waals surface area contributed by atoms with Crippen LogP contribution in [0.25, 0.3) is 0 Å². The number of nitrogens with one attached hydrogen (secondary N) is 2. The summed E-state index contributed by atoms with van der Waals surface area (Å²) in [6, 6.07) is 0.00668. The number of amides is 2. The zero-order valence-corrected chi connectivity index (χ0v) is 22.2. The summed E-state index contributed by atoms with van der Waals surface area (Å²) in [5, 5.41) is 8.57. The molecule has 2 amide bonds. The summed E-state index contributed by atoms with van der Waals surface area (Å²) < 4.78 is 27.0. The van der Waals surface area contributed by atoms with Crippen molar-refractivity contribution in [2.75, 3.05) is 13.1 Å². The Kier molecular flexibility index (Phi) is 9.04. The van der Waals surface area contributed by atoms with E-state index in [1.807, 2.05) is 0 Å². The number of carbonyl (C=O) groups is 4. The largest absolute Gasteiger partial charge is 0.344 e. The number of hydrogen-bond acceptors (Lipinski definition) is 8. The lowest BCUT2D eigenvalue weighted by Gasteiger charge is -2.28. The van der Waals surface area contributed by atoms with E-state index in [9.17, 15) is 27.6 Å². The second kappa shape index (κ2) is 12.2. The van der Waals surface area contributed by atoms with E-state index < -0.39 is 51.2 Å². The van der Waals surface area contributed by atoms with Crippen LogP contribution in [0.3, 0.4) is 0 Å².